The quantitative estimate of drug-likeness (QED) is 0.581. The first-order valence-electron chi connectivity index (χ1n) is 8.88. The Labute approximate surface area is 164 Å². The van der Waals surface area contributed by atoms with Crippen molar-refractivity contribution in [3.63, 3.8) is 0 Å². The standard InChI is InChI=1S/C20H22N2O3S2/c1-14-6-8-15(9-7-14)11-21-18-12-27(24,25)13-19(18)22(20(21)23)16-4-3-5-17(10-16)26-2/h3-10,18-19H,11-13H2,1-2H3/t18-,19+/m0/s1. The van der Waals surface area contributed by atoms with E-state index in [-0.39, 0.29) is 29.6 Å². The third-order valence-corrected chi connectivity index (χ3v) is 7.71. The number of carbonyl (C=O) groups is 1. The van der Waals surface area contributed by atoms with Gasteiger partial charge in [0.05, 0.1) is 23.6 Å². The van der Waals surface area contributed by atoms with Gasteiger partial charge in [0, 0.05) is 17.1 Å². The molecule has 27 heavy (non-hydrogen) atoms. The third kappa shape index (κ3) is 3.46. The van der Waals surface area contributed by atoms with Crippen molar-refractivity contribution in [2.45, 2.75) is 30.4 Å². The molecule has 2 aromatic carbocycles. The van der Waals surface area contributed by atoms with Crippen LogP contribution in [0.2, 0.25) is 0 Å². The zero-order valence-corrected chi connectivity index (χ0v) is 17.0. The summed E-state index contributed by atoms with van der Waals surface area (Å²) in [7, 11) is -3.16. The van der Waals surface area contributed by atoms with E-state index in [0.29, 0.717) is 6.54 Å². The Hall–Kier alpha value is -1.99. The predicted molar refractivity (Wildman–Crippen MR) is 109 cm³/mol. The molecule has 0 radical (unpaired) electrons. The van der Waals surface area contributed by atoms with E-state index in [0.717, 1.165) is 21.7 Å². The smallest absolute Gasteiger partial charge is 0.314 e. The van der Waals surface area contributed by atoms with Crippen LogP contribution in [0.15, 0.2) is 53.4 Å². The number of anilines is 1. The van der Waals surface area contributed by atoms with Crippen LogP contribution in [0.3, 0.4) is 0 Å². The highest BCUT2D eigenvalue weighted by Gasteiger charge is 2.53. The van der Waals surface area contributed by atoms with Crippen LogP contribution in [0.5, 0.6) is 0 Å². The SMILES string of the molecule is CSc1cccc(N2C(=O)N(Cc3ccc(C)cc3)[C@H]3CS(=O)(=O)C[C@H]32)c1. The Bertz CT molecular complexity index is 973. The lowest BCUT2D eigenvalue weighted by Crippen LogP contribution is -2.37. The highest BCUT2D eigenvalue weighted by atomic mass is 32.2. The number of hydrogen-bond acceptors (Lipinski definition) is 4. The lowest BCUT2D eigenvalue weighted by molar-refractivity contribution is 0.206. The monoisotopic (exact) mass is 402 g/mol. The van der Waals surface area contributed by atoms with Crippen molar-refractivity contribution in [3.05, 3.63) is 59.7 Å². The summed E-state index contributed by atoms with van der Waals surface area (Å²) in [6, 6.07) is 15.0. The van der Waals surface area contributed by atoms with Gasteiger partial charge in [0.2, 0.25) is 0 Å². The van der Waals surface area contributed by atoms with Gasteiger partial charge in [-0.3, -0.25) is 4.90 Å². The van der Waals surface area contributed by atoms with E-state index in [4.69, 9.17) is 0 Å². The molecule has 0 aromatic heterocycles. The molecule has 2 saturated heterocycles. The minimum Gasteiger partial charge on any atom is -0.314 e. The fourth-order valence-electron chi connectivity index (χ4n) is 3.91. The summed E-state index contributed by atoms with van der Waals surface area (Å²) in [6.45, 7) is 2.44. The van der Waals surface area contributed by atoms with E-state index >= 15 is 0 Å². The summed E-state index contributed by atoms with van der Waals surface area (Å²) < 4.78 is 24.6. The second kappa shape index (κ2) is 6.87. The molecule has 0 spiro atoms. The summed E-state index contributed by atoms with van der Waals surface area (Å²) in [6.07, 6.45) is 1.98. The van der Waals surface area contributed by atoms with E-state index in [1.54, 1.807) is 21.6 Å². The maximum atomic E-state index is 13.3. The highest BCUT2D eigenvalue weighted by Crippen LogP contribution is 2.36. The second-order valence-electron chi connectivity index (χ2n) is 7.18. The number of urea groups is 1. The van der Waals surface area contributed by atoms with Crippen LogP contribution in [-0.2, 0) is 16.4 Å². The van der Waals surface area contributed by atoms with E-state index in [2.05, 4.69) is 0 Å². The van der Waals surface area contributed by atoms with Gasteiger partial charge in [0.25, 0.3) is 0 Å². The number of aryl methyl sites for hydroxylation is 1. The van der Waals surface area contributed by atoms with Crippen molar-refractivity contribution in [3.8, 4) is 0 Å². The number of amides is 2. The Morgan fingerprint density at radius 3 is 2.48 bits per heavy atom. The number of thioether (sulfide) groups is 1. The molecule has 4 rings (SSSR count). The van der Waals surface area contributed by atoms with Gasteiger partial charge in [-0.25, -0.2) is 13.2 Å². The van der Waals surface area contributed by atoms with Gasteiger partial charge in [-0.1, -0.05) is 35.9 Å². The molecule has 2 atom stereocenters. The van der Waals surface area contributed by atoms with Gasteiger partial charge >= 0.3 is 6.03 Å². The molecule has 142 valence electrons. The maximum absolute atomic E-state index is 13.3. The van der Waals surface area contributed by atoms with E-state index in [1.807, 2.05) is 61.7 Å². The van der Waals surface area contributed by atoms with Crippen LogP contribution < -0.4 is 4.90 Å². The maximum Gasteiger partial charge on any atom is 0.325 e. The fourth-order valence-corrected chi connectivity index (χ4v) is 6.32. The minimum atomic E-state index is -3.16. The normalized spacial score (nSPS) is 23.7. The zero-order valence-electron chi connectivity index (χ0n) is 15.3. The molecule has 0 unspecified atom stereocenters. The van der Waals surface area contributed by atoms with Crippen LogP contribution in [-0.4, -0.2) is 49.2 Å². The number of hydrogen-bond donors (Lipinski definition) is 0. The Morgan fingerprint density at radius 1 is 1.07 bits per heavy atom. The van der Waals surface area contributed by atoms with Crippen LogP contribution in [0.4, 0.5) is 10.5 Å². The average Bonchev–Trinajstić information content (AvgIpc) is 3.07. The summed E-state index contributed by atoms with van der Waals surface area (Å²) >= 11 is 1.60. The second-order valence-corrected chi connectivity index (χ2v) is 10.2. The van der Waals surface area contributed by atoms with Crippen molar-refractivity contribution in [1.29, 1.82) is 0 Å². The summed E-state index contributed by atoms with van der Waals surface area (Å²) in [5.41, 5.74) is 2.94. The topological polar surface area (TPSA) is 57.7 Å². The fraction of sp³-hybridized carbons (Fsp3) is 0.350. The van der Waals surface area contributed by atoms with Crippen LogP contribution in [0, 0.1) is 6.92 Å². The van der Waals surface area contributed by atoms with Crippen molar-refractivity contribution < 1.29 is 13.2 Å². The first-order chi connectivity index (χ1) is 12.9. The molecule has 2 fully saturated rings. The molecule has 2 heterocycles. The molecule has 2 amide bonds. The van der Waals surface area contributed by atoms with Gasteiger partial charge in [0.15, 0.2) is 9.84 Å². The number of sulfone groups is 1. The van der Waals surface area contributed by atoms with Gasteiger partial charge in [-0.2, -0.15) is 0 Å². The zero-order chi connectivity index (χ0) is 19.2. The summed E-state index contributed by atoms with van der Waals surface area (Å²) in [5.74, 6) is 0.0608. The Kier molecular flexibility index (Phi) is 4.68. The van der Waals surface area contributed by atoms with Crippen LogP contribution in [0.25, 0.3) is 0 Å². The van der Waals surface area contributed by atoms with Gasteiger partial charge in [-0.15, -0.1) is 11.8 Å². The first-order valence-corrected chi connectivity index (χ1v) is 11.9. The lowest BCUT2D eigenvalue weighted by Gasteiger charge is -2.23. The molecule has 0 N–H and O–H groups in total. The third-order valence-electron chi connectivity index (χ3n) is 5.28. The molecule has 0 aliphatic carbocycles. The molecule has 0 saturated carbocycles. The van der Waals surface area contributed by atoms with Crippen molar-refractivity contribution >= 4 is 33.3 Å². The number of nitrogens with zero attached hydrogens (tertiary/aromatic N) is 2. The van der Waals surface area contributed by atoms with Crippen molar-refractivity contribution in [2.24, 2.45) is 0 Å². The number of carbonyl (C=O) groups excluding carboxylic acids is 1. The van der Waals surface area contributed by atoms with E-state index in [1.165, 1.54) is 0 Å². The predicted octanol–water partition coefficient (Wildman–Crippen LogP) is 3.32. The van der Waals surface area contributed by atoms with Crippen LogP contribution >= 0.6 is 11.8 Å². The van der Waals surface area contributed by atoms with Gasteiger partial charge in [0.1, 0.15) is 0 Å². The molecule has 2 aliphatic heterocycles. The molecular formula is C20H22N2O3S2. The number of rotatable bonds is 4. The Balaban J connectivity index is 1.70. The van der Waals surface area contributed by atoms with Crippen molar-refractivity contribution in [2.75, 3.05) is 22.7 Å². The molecule has 2 aromatic rings. The van der Waals surface area contributed by atoms with Gasteiger partial charge < -0.3 is 4.90 Å². The lowest BCUT2D eigenvalue weighted by atomic mass is 10.1. The van der Waals surface area contributed by atoms with E-state index < -0.39 is 9.84 Å². The van der Waals surface area contributed by atoms with Crippen molar-refractivity contribution in [1.82, 2.24) is 4.90 Å². The highest BCUT2D eigenvalue weighted by molar-refractivity contribution is 7.98. The molecular weight excluding hydrogens is 380 g/mol. The minimum absolute atomic E-state index is 0.0251. The van der Waals surface area contributed by atoms with Crippen LogP contribution in [0.1, 0.15) is 11.1 Å². The number of benzene rings is 2. The number of fused-ring (bicyclic) bond motifs is 1. The molecule has 0 bridgehead atoms. The largest absolute Gasteiger partial charge is 0.325 e. The molecule has 5 nitrogen and oxygen atoms in total. The Morgan fingerprint density at radius 2 is 1.78 bits per heavy atom. The summed E-state index contributed by atoms with van der Waals surface area (Å²) in [4.78, 5) is 17.7. The average molecular weight is 403 g/mol. The molecule has 7 heteroatoms. The van der Waals surface area contributed by atoms with Gasteiger partial charge in [-0.05, 0) is 36.9 Å². The molecule has 2 aliphatic rings. The van der Waals surface area contributed by atoms with E-state index in [9.17, 15) is 13.2 Å². The summed E-state index contributed by atoms with van der Waals surface area (Å²) in [5, 5.41) is 0. The first kappa shape index (κ1) is 18.4.